The fraction of sp³-hybridized carbons (Fsp3) is 0.350. The number of amides is 1. The number of aryl methyl sites for hydroxylation is 1. The number of benzene rings is 2. The molecule has 3 rings (SSSR count). The molecule has 1 fully saturated rings. The van der Waals surface area contributed by atoms with E-state index in [0.717, 1.165) is 31.6 Å². The number of nitrogens with one attached hydrogen (secondary N) is 1. The Labute approximate surface area is 138 Å². The van der Waals surface area contributed by atoms with Gasteiger partial charge in [0.1, 0.15) is 0 Å². The van der Waals surface area contributed by atoms with Gasteiger partial charge in [0, 0.05) is 19.6 Å². The quantitative estimate of drug-likeness (QED) is 0.942. The summed E-state index contributed by atoms with van der Waals surface area (Å²) in [5, 5.41) is 3.42. The minimum atomic E-state index is 0.130. The third-order valence-corrected chi connectivity index (χ3v) is 4.53. The first-order chi connectivity index (χ1) is 11.3. The molecule has 3 heteroatoms. The lowest BCUT2D eigenvalue weighted by molar-refractivity contribution is -0.133. The number of carbonyl (C=O) groups is 1. The van der Waals surface area contributed by atoms with Crippen molar-refractivity contribution in [2.24, 2.45) is 0 Å². The van der Waals surface area contributed by atoms with Crippen molar-refractivity contribution < 1.29 is 4.79 Å². The first-order valence-corrected chi connectivity index (χ1v) is 8.41. The summed E-state index contributed by atoms with van der Waals surface area (Å²) in [6.07, 6.45) is 1.52. The summed E-state index contributed by atoms with van der Waals surface area (Å²) in [6, 6.07) is 18.8. The summed E-state index contributed by atoms with van der Waals surface area (Å²) in [6.45, 7) is 4.62. The first kappa shape index (κ1) is 15.8. The Kier molecular flexibility index (Phi) is 5.09. The Bertz CT molecular complexity index is 636. The molecular weight excluding hydrogens is 284 g/mol. The summed E-state index contributed by atoms with van der Waals surface area (Å²) >= 11 is 0. The highest BCUT2D eigenvalue weighted by Gasteiger charge is 2.27. The molecule has 0 radical (unpaired) electrons. The maximum absolute atomic E-state index is 12.8. The molecule has 0 saturated carbocycles. The summed E-state index contributed by atoms with van der Waals surface area (Å²) < 4.78 is 0. The second-order valence-electron chi connectivity index (χ2n) is 6.06. The molecule has 2 aromatic carbocycles. The van der Waals surface area contributed by atoms with Crippen LogP contribution in [0.3, 0.4) is 0 Å². The average molecular weight is 308 g/mol. The van der Waals surface area contributed by atoms with Crippen molar-refractivity contribution in [1.29, 1.82) is 0 Å². The van der Waals surface area contributed by atoms with Gasteiger partial charge in [0.05, 0.1) is 12.5 Å². The van der Waals surface area contributed by atoms with Gasteiger partial charge in [-0.3, -0.25) is 4.79 Å². The highest BCUT2D eigenvalue weighted by Crippen LogP contribution is 2.23. The van der Waals surface area contributed by atoms with Crippen LogP contribution in [0.2, 0.25) is 0 Å². The van der Waals surface area contributed by atoms with Crippen LogP contribution in [0.5, 0.6) is 0 Å². The van der Waals surface area contributed by atoms with Crippen LogP contribution in [-0.2, 0) is 17.6 Å². The molecule has 1 unspecified atom stereocenters. The summed E-state index contributed by atoms with van der Waals surface area (Å²) in [4.78, 5) is 14.8. The molecule has 1 atom stereocenters. The van der Waals surface area contributed by atoms with Crippen molar-refractivity contribution in [3.8, 4) is 0 Å². The molecule has 120 valence electrons. The predicted molar refractivity (Wildman–Crippen MR) is 93.3 cm³/mol. The van der Waals surface area contributed by atoms with Gasteiger partial charge in [0.25, 0.3) is 0 Å². The van der Waals surface area contributed by atoms with Gasteiger partial charge >= 0.3 is 0 Å². The molecule has 2 aromatic rings. The van der Waals surface area contributed by atoms with Crippen LogP contribution in [0.4, 0.5) is 0 Å². The largest absolute Gasteiger partial charge is 0.333 e. The summed E-state index contributed by atoms with van der Waals surface area (Å²) in [5.74, 6) is 0.210. The van der Waals surface area contributed by atoms with Crippen molar-refractivity contribution in [1.82, 2.24) is 10.2 Å². The highest BCUT2D eigenvalue weighted by atomic mass is 16.2. The first-order valence-electron chi connectivity index (χ1n) is 8.41. The number of rotatable bonds is 4. The molecule has 1 aliphatic heterocycles. The van der Waals surface area contributed by atoms with Crippen LogP contribution in [-0.4, -0.2) is 30.4 Å². The van der Waals surface area contributed by atoms with Crippen LogP contribution in [0, 0.1) is 0 Å². The van der Waals surface area contributed by atoms with E-state index in [-0.39, 0.29) is 11.9 Å². The Morgan fingerprint density at radius 1 is 1.09 bits per heavy atom. The average Bonchev–Trinajstić information content (AvgIpc) is 2.62. The van der Waals surface area contributed by atoms with E-state index in [2.05, 4.69) is 36.5 Å². The van der Waals surface area contributed by atoms with Crippen LogP contribution >= 0.6 is 0 Å². The van der Waals surface area contributed by atoms with E-state index in [4.69, 9.17) is 0 Å². The van der Waals surface area contributed by atoms with E-state index in [1.807, 2.05) is 35.2 Å². The molecule has 1 heterocycles. The van der Waals surface area contributed by atoms with E-state index < -0.39 is 0 Å². The summed E-state index contributed by atoms with van der Waals surface area (Å²) in [5.41, 5.74) is 3.63. The van der Waals surface area contributed by atoms with Crippen LogP contribution in [0.1, 0.15) is 29.7 Å². The van der Waals surface area contributed by atoms with Crippen molar-refractivity contribution in [2.45, 2.75) is 25.8 Å². The Balaban J connectivity index is 1.76. The Morgan fingerprint density at radius 3 is 2.52 bits per heavy atom. The van der Waals surface area contributed by atoms with E-state index in [1.54, 1.807) is 0 Å². The van der Waals surface area contributed by atoms with Gasteiger partial charge in [-0.1, -0.05) is 61.5 Å². The van der Waals surface area contributed by atoms with Gasteiger partial charge in [-0.2, -0.15) is 0 Å². The molecular formula is C20H24N2O. The van der Waals surface area contributed by atoms with Crippen molar-refractivity contribution in [3.63, 3.8) is 0 Å². The Morgan fingerprint density at radius 2 is 1.83 bits per heavy atom. The third kappa shape index (κ3) is 3.80. The number of nitrogens with zero attached hydrogens (tertiary/aromatic N) is 1. The van der Waals surface area contributed by atoms with Crippen LogP contribution < -0.4 is 5.32 Å². The number of carbonyl (C=O) groups excluding carboxylic acids is 1. The van der Waals surface area contributed by atoms with E-state index >= 15 is 0 Å². The highest BCUT2D eigenvalue weighted by molar-refractivity contribution is 5.79. The van der Waals surface area contributed by atoms with Crippen molar-refractivity contribution in [2.75, 3.05) is 19.6 Å². The second-order valence-corrected chi connectivity index (χ2v) is 6.06. The lowest BCUT2D eigenvalue weighted by atomic mass is 10.00. The molecule has 0 aromatic heterocycles. The zero-order valence-electron chi connectivity index (χ0n) is 13.7. The maximum Gasteiger partial charge on any atom is 0.227 e. The normalized spacial score (nSPS) is 18.0. The Hall–Kier alpha value is -2.13. The zero-order chi connectivity index (χ0) is 16.1. The van der Waals surface area contributed by atoms with Gasteiger partial charge in [-0.05, 0) is 23.1 Å². The standard InChI is InChI=1S/C20H24N2O/c1-2-16-8-10-18(11-9-16)19-15-21-12-13-22(19)20(23)14-17-6-4-3-5-7-17/h3-11,19,21H,2,12-15H2,1H3. The number of hydrogen-bond donors (Lipinski definition) is 1. The monoisotopic (exact) mass is 308 g/mol. The van der Waals surface area contributed by atoms with E-state index in [1.165, 1.54) is 11.1 Å². The summed E-state index contributed by atoms with van der Waals surface area (Å²) in [7, 11) is 0. The maximum atomic E-state index is 12.8. The topological polar surface area (TPSA) is 32.3 Å². The molecule has 0 bridgehead atoms. The SMILES string of the molecule is CCc1ccc(C2CNCCN2C(=O)Cc2ccccc2)cc1. The lowest BCUT2D eigenvalue weighted by Gasteiger charge is -2.36. The van der Waals surface area contributed by atoms with Gasteiger partial charge in [0.15, 0.2) is 0 Å². The molecule has 1 N–H and O–H groups in total. The van der Waals surface area contributed by atoms with Crippen LogP contribution in [0.25, 0.3) is 0 Å². The molecule has 1 saturated heterocycles. The molecule has 1 aliphatic rings. The fourth-order valence-corrected chi connectivity index (χ4v) is 3.15. The molecule has 3 nitrogen and oxygen atoms in total. The third-order valence-electron chi connectivity index (χ3n) is 4.53. The molecule has 0 spiro atoms. The van der Waals surface area contributed by atoms with E-state index in [0.29, 0.717) is 6.42 Å². The van der Waals surface area contributed by atoms with E-state index in [9.17, 15) is 4.79 Å². The zero-order valence-corrected chi connectivity index (χ0v) is 13.7. The van der Waals surface area contributed by atoms with Gasteiger partial charge in [-0.15, -0.1) is 0 Å². The number of hydrogen-bond acceptors (Lipinski definition) is 2. The van der Waals surface area contributed by atoms with Gasteiger partial charge in [0.2, 0.25) is 5.91 Å². The van der Waals surface area contributed by atoms with Crippen LogP contribution in [0.15, 0.2) is 54.6 Å². The van der Waals surface area contributed by atoms with Crippen molar-refractivity contribution >= 4 is 5.91 Å². The smallest absolute Gasteiger partial charge is 0.227 e. The fourth-order valence-electron chi connectivity index (χ4n) is 3.15. The van der Waals surface area contributed by atoms with Gasteiger partial charge < -0.3 is 10.2 Å². The minimum Gasteiger partial charge on any atom is -0.333 e. The number of piperazine rings is 1. The predicted octanol–water partition coefficient (Wildman–Crippen LogP) is 2.96. The minimum absolute atomic E-state index is 0.130. The molecule has 23 heavy (non-hydrogen) atoms. The van der Waals surface area contributed by atoms with Gasteiger partial charge in [-0.25, -0.2) is 0 Å². The lowest BCUT2D eigenvalue weighted by Crippen LogP contribution is -2.49. The molecule has 1 amide bonds. The molecule has 0 aliphatic carbocycles. The van der Waals surface area contributed by atoms with Crippen molar-refractivity contribution in [3.05, 3.63) is 71.3 Å². The second kappa shape index (κ2) is 7.42.